The quantitative estimate of drug-likeness (QED) is 0.682. The van der Waals surface area contributed by atoms with Crippen molar-refractivity contribution in [1.82, 2.24) is 20.1 Å². The van der Waals surface area contributed by atoms with E-state index in [1.165, 1.54) is 11.1 Å². The molecular weight excluding hydrogens is 284 g/mol. The SMILES string of the molecule is Cn1cnc(CNCCC(c2ccccc2)c2ccccc2)n1. The molecule has 0 bridgehead atoms. The Kier molecular flexibility index (Phi) is 5.17. The maximum atomic E-state index is 4.29. The summed E-state index contributed by atoms with van der Waals surface area (Å²) in [6, 6.07) is 21.4. The van der Waals surface area contributed by atoms with Crippen LogP contribution in [0.3, 0.4) is 0 Å². The lowest BCUT2D eigenvalue weighted by Crippen LogP contribution is -2.18. The van der Waals surface area contributed by atoms with Gasteiger partial charge in [0.15, 0.2) is 5.82 Å². The molecule has 118 valence electrons. The van der Waals surface area contributed by atoms with Gasteiger partial charge >= 0.3 is 0 Å². The van der Waals surface area contributed by atoms with E-state index in [9.17, 15) is 0 Å². The van der Waals surface area contributed by atoms with Gasteiger partial charge in [-0.05, 0) is 24.1 Å². The lowest BCUT2D eigenvalue weighted by atomic mass is 9.88. The molecule has 2 aromatic carbocycles. The second-order valence-corrected chi connectivity index (χ2v) is 5.67. The first-order valence-corrected chi connectivity index (χ1v) is 7.98. The highest BCUT2D eigenvalue weighted by Crippen LogP contribution is 2.27. The maximum absolute atomic E-state index is 4.29. The molecule has 0 atom stereocenters. The van der Waals surface area contributed by atoms with Crippen molar-refractivity contribution in [3.63, 3.8) is 0 Å². The fraction of sp³-hybridized carbons (Fsp3) is 0.263. The molecule has 0 saturated carbocycles. The zero-order chi connectivity index (χ0) is 15.9. The largest absolute Gasteiger partial charge is 0.310 e. The molecule has 0 saturated heterocycles. The molecule has 0 fully saturated rings. The Bertz CT molecular complexity index is 667. The topological polar surface area (TPSA) is 42.7 Å². The van der Waals surface area contributed by atoms with Gasteiger partial charge in [0.25, 0.3) is 0 Å². The molecule has 0 aliphatic rings. The summed E-state index contributed by atoms with van der Waals surface area (Å²) in [6.45, 7) is 1.63. The van der Waals surface area contributed by atoms with Crippen molar-refractivity contribution < 1.29 is 0 Å². The summed E-state index contributed by atoms with van der Waals surface area (Å²) in [5, 5.41) is 7.73. The van der Waals surface area contributed by atoms with Crippen molar-refractivity contribution in [2.45, 2.75) is 18.9 Å². The predicted molar refractivity (Wildman–Crippen MR) is 92.1 cm³/mol. The predicted octanol–water partition coefficient (Wildman–Crippen LogP) is 3.13. The molecule has 23 heavy (non-hydrogen) atoms. The van der Waals surface area contributed by atoms with Crippen LogP contribution in [-0.2, 0) is 13.6 Å². The summed E-state index contributed by atoms with van der Waals surface area (Å²) in [7, 11) is 1.89. The van der Waals surface area contributed by atoms with E-state index < -0.39 is 0 Å². The number of benzene rings is 2. The lowest BCUT2D eigenvalue weighted by molar-refractivity contribution is 0.594. The number of hydrogen-bond donors (Lipinski definition) is 1. The Morgan fingerprint density at radius 3 is 2.09 bits per heavy atom. The van der Waals surface area contributed by atoms with Crippen LogP contribution in [0.4, 0.5) is 0 Å². The molecule has 1 N–H and O–H groups in total. The highest BCUT2D eigenvalue weighted by molar-refractivity contribution is 5.32. The van der Waals surface area contributed by atoms with Gasteiger partial charge in [-0.1, -0.05) is 60.7 Å². The van der Waals surface area contributed by atoms with Crippen LogP contribution in [0.1, 0.15) is 29.3 Å². The van der Waals surface area contributed by atoms with Gasteiger partial charge in [-0.15, -0.1) is 0 Å². The van der Waals surface area contributed by atoms with Crippen LogP contribution in [-0.4, -0.2) is 21.3 Å². The summed E-state index contributed by atoms with van der Waals surface area (Å²) in [5.41, 5.74) is 2.72. The highest BCUT2D eigenvalue weighted by Gasteiger charge is 2.13. The number of rotatable bonds is 7. The molecular formula is C19H22N4. The number of nitrogens with zero attached hydrogens (tertiary/aromatic N) is 3. The van der Waals surface area contributed by atoms with E-state index in [0.29, 0.717) is 12.5 Å². The van der Waals surface area contributed by atoms with Gasteiger partial charge in [-0.3, -0.25) is 4.68 Å². The van der Waals surface area contributed by atoms with E-state index in [2.05, 4.69) is 76.1 Å². The van der Waals surface area contributed by atoms with Crippen molar-refractivity contribution in [3.8, 4) is 0 Å². The Labute approximate surface area is 137 Å². The molecule has 0 aliphatic heterocycles. The molecule has 1 heterocycles. The van der Waals surface area contributed by atoms with Gasteiger partial charge in [0.1, 0.15) is 6.33 Å². The smallest absolute Gasteiger partial charge is 0.164 e. The van der Waals surface area contributed by atoms with Crippen LogP contribution in [0.2, 0.25) is 0 Å². The first-order chi connectivity index (χ1) is 11.3. The van der Waals surface area contributed by atoms with Gasteiger partial charge in [0, 0.05) is 13.0 Å². The van der Waals surface area contributed by atoms with Crippen LogP contribution < -0.4 is 5.32 Å². The van der Waals surface area contributed by atoms with Crippen LogP contribution in [0.25, 0.3) is 0 Å². The first-order valence-electron chi connectivity index (χ1n) is 7.98. The third-order valence-corrected chi connectivity index (χ3v) is 3.94. The van der Waals surface area contributed by atoms with E-state index in [-0.39, 0.29) is 0 Å². The zero-order valence-electron chi connectivity index (χ0n) is 13.4. The number of nitrogens with one attached hydrogen (secondary N) is 1. The standard InChI is InChI=1S/C19H22N4/c1-23-15-21-19(22-23)14-20-13-12-18(16-8-4-2-5-9-16)17-10-6-3-7-11-17/h2-11,15,18,20H,12-14H2,1H3. The Morgan fingerprint density at radius 2 is 1.57 bits per heavy atom. The van der Waals surface area contributed by atoms with Crippen LogP contribution in [0, 0.1) is 0 Å². The van der Waals surface area contributed by atoms with Crippen molar-refractivity contribution in [2.24, 2.45) is 7.05 Å². The summed E-state index contributed by atoms with van der Waals surface area (Å²) in [6.07, 6.45) is 2.77. The van der Waals surface area contributed by atoms with E-state index >= 15 is 0 Å². The molecule has 0 amide bonds. The van der Waals surface area contributed by atoms with Gasteiger partial charge in [-0.25, -0.2) is 4.98 Å². The van der Waals surface area contributed by atoms with E-state index in [4.69, 9.17) is 0 Å². The van der Waals surface area contributed by atoms with Crippen molar-refractivity contribution in [1.29, 1.82) is 0 Å². The van der Waals surface area contributed by atoms with Crippen LogP contribution in [0.15, 0.2) is 67.0 Å². The average molecular weight is 306 g/mol. The highest BCUT2D eigenvalue weighted by atomic mass is 15.3. The summed E-state index contributed by atoms with van der Waals surface area (Å²) in [4.78, 5) is 4.24. The van der Waals surface area contributed by atoms with Gasteiger partial charge < -0.3 is 5.32 Å². The van der Waals surface area contributed by atoms with Gasteiger partial charge in [0.05, 0.1) is 6.54 Å². The van der Waals surface area contributed by atoms with E-state index in [1.54, 1.807) is 11.0 Å². The van der Waals surface area contributed by atoms with Gasteiger partial charge in [0.2, 0.25) is 0 Å². The monoisotopic (exact) mass is 306 g/mol. The zero-order valence-corrected chi connectivity index (χ0v) is 13.4. The molecule has 0 aliphatic carbocycles. The van der Waals surface area contributed by atoms with Crippen molar-refractivity contribution in [3.05, 3.63) is 83.9 Å². The third-order valence-electron chi connectivity index (χ3n) is 3.94. The molecule has 4 nitrogen and oxygen atoms in total. The Morgan fingerprint density at radius 1 is 0.957 bits per heavy atom. The number of aromatic nitrogens is 3. The Balaban J connectivity index is 1.63. The summed E-state index contributed by atoms with van der Waals surface area (Å²) >= 11 is 0. The molecule has 0 spiro atoms. The molecule has 3 aromatic rings. The first kappa shape index (κ1) is 15.4. The number of hydrogen-bond acceptors (Lipinski definition) is 3. The normalized spacial score (nSPS) is 11.0. The molecule has 3 rings (SSSR count). The van der Waals surface area contributed by atoms with E-state index in [0.717, 1.165) is 18.8 Å². The fourth-order valence-corrected chi connectivity index (χ4v) is 2.81. The average Bonchev–Trinajstić information content (AvgIpc) is 3.02. The van der Waals surface area contributed by atoms with Crippen molar-refractivity contribution >= 4 is 0 Å². The Hall–Kier alpha value is -2.46. The number of aryl methyl sites for hydroxylation is 1. The minimum absolute atomic E-state index is 0.404. The molecule has 1 aromatic heterocycles. The molecule has 0 radical (unpaired) electrons. The molecule has 0 unspecified atom stereocenters. The van der Waals surface area contributed by atoms with Crippen molar-refractivity contribution in [2.75, 3.05) is 6.54 Å². The van der Waals surface area contributed by atoms with Crippen LogP contribution >= 0.6 is 0 Å². The lowest BCUT2D eigenvalue weighted by Gasteiger charge is -2.18. The summed E-state index contributed by atoms with van der Waals surface area (Å²) < 4.78 is 1.73. The minimum Gasteiger partial charge on any atom is -0.310 e. The third kappa shape index (κ3) is 4.27. The van der Waals surface area contributed by atoms with Gasteiger partial charge in [-0.2, -0.15) is 5.10 Å². The molecule has 4 heteroatoms. The summed E-state index contributed by atoms with van der Waals surface area (Å²) in [5.74, 6) is 1.24. The van der Waals surface area contributed by atoms with E-state index in [1.807, 2.05) is 7.05 Å². The van der Waals surface area contributed by atoms with Crippen LogP contribution in [0.5, 0.6) is 0 Å². The second-order valence-electron chi connectivity index (χ2n) is 5.67. The second kappa shape index (κ2) is 7.70. The maximum Gasteiger partial charge on any atom is 0.164 e. The minimum atomic E-state index is 0.404. The fourth-order valence-electron chi connectivity index (χ4n) is 2.81.